The van der Waals surface area contributed by atoms with Crippen LogP contribution in [0.2, 0.25) is 0 Å². The van der Waals surface area contributed by atoms with Gasteiger partial charge < -0.3 is 4.90 Å². The predicted molar refractivity (Wildman–Crippen MR) is 93.9 cm³/mol. The molecule has 1 fully saturated rings. The topological polar surface area (TPSA) is 57.7 Å². The molecule has 1 saturated heterocycles. The molecule has 0 spiro atoms. The Hall–Kier alpha value is -1.19. The van der Waals surface area contributed by atoms with Crippen molar-refractivity contribution in [1.29, 1.82) is 0 Å². The summed E-state index contributed by atoms with van der Waals surface area (Å²) in [5.41, 5.74) is 0. The van der Waals surface area contributed by atoms with Crippen LogP contribution in [-0.4, -0.2) is 60.2 Å². The number of piperazine rings is 1. The molecule has 1 heterocycles. The minimum absolute atomic E-state index is 0.0159. The molecule has 1 aliphatic heterocycles. The number of rotatable bonds is 4. The SMILES string of the molecule is CC(C)(C)SCC(=O)N1CCN(S(=O)(=O)c2c(F)cccc2F)CC1. The maximum atomic E-state index is 13.8. The average Bonchev–Trinajstić information content (AvgIpc) is 2.51. The summed E-state index contributed by atoms with van der Waals surface area (Å²) >= 11 is 1.52. The van der Waals surface area contributed by atoms with Gasteiger partial charge in [0.15, 0.2) is 4.90 Å². The van der Waals surface area contributed by atoms with Crippen molar-refractivity contribution in [3.05, 3.63) is 29.8 Å². The van der Waals surface area contributed by atoms with Crippen molar-refractivity contribution in [3.63, 3.8) is 0 Å². The molecule has 0 aliphatic carbocycles. The average molecular weight is 392 g/mol. The first kappa shape index (κ1) is 20.1. The molecule has 9 heteroatoms. The zero-order valence-corrected chi connectivity index (χ0v) is 16.1. The molecule has 25 heavy (non-hydrogen) atoms. The first-order valence-electron chi connectivity index (χ1n) is 7.88. The number of sulfonamides is 1. The largest absolute Gasteiger partial charge is 0.339 e. The van der Waals surface area contributed by atoms with E-state index in [4.69, 9.17) is 0 Å². The van der Waals surface area contributed by atoms with E-state index in [1.54, 1.807) is 4.90 Å². The van der Waals surface area contributed by atoms with Gasteiger partial charge in [0.2, 0.25) is 15.9 Å². The van der Waals surface area contributed by atoms with Crippen LogP contribution in [0, 0.1) is 11.6 Å². The van der Waals surface area contributed by atoms with Gasteiger partial charge in [-0.15, -0.1) is 11.8 Å². The van der Waals surface area contributed by atoms with Gasteiger partial charge in [-0.25, -0.2) is 17.2 Å². The lowest BCUT2D eigenvalue weighted by Crippen LogP contribution is -2.51. The van der Waals surface area contributed by atoms with E-state index in [2.05, 4.69) is 0 Å². The fraction of sp³-hybridized carbons (Fsp3) is 0.562. The lowest BCUT2D eigenvalue weighted by Gasteiger charge is -2.34. The molecular weight excluding hydrogens is 370 g/mol. The zero-order chi connectivity index (χ0) is 18.8. The third-order valence-corrected chi connectivity index (χ3v) is 6.95. The number of nitrogens with zero attached hydrogens (tertiary/aromatic N) is 2. The van der Waals surface area contributed by atoms with Crippen LogP contribution >= 0.6 is 11.8 Å². The Kier molecular flexibility index (Phi) is 6.11. The number of amides is 1. The third kappa shape index (κ3) is 4.92. The molecule has 140 valence electrons. The first-order valence-corrected chi connectivity index (χ1v) is 10.3. The Labute approximate surface area is 151 Å². The van der Waals surface area contributed by atoms with Crippen LogP contribution in [0.25, 0.3) is 0 Å². The predicted octanol–water partition coefficient (Wildman–Crippen LogP) is 2.33. The normalized spacial score (nSPS) is 16.9. The Balaban J connectivity index is 2.03. The van der Waals surface area contributed by atoms with Crippen molar-refractivity contribution >= 4 is 27.7 Å². The van der Waals surface area contributed by atoms with Crippen LogP contribution in [-0.2, 0) is 14.8 Å². The monoisotopic (exact) mass is 392 g/mol. The summed E-state index contributed by atoms with van der Waals surface area (Å²) in [6.07, 6.45) is 0. The van der Waals surface area contributed by atoms with Crippen molar-refractivity contribution < 1.29 is 22.0 Å². The van der Waals surface area contributed by atoms with Crippen LogP contribution < -0.4 is 0 Å². The molecule has 0 atom stereocenters. The smallest absolute Gasteiger partial charge is 0.249 e. The molecule has 1 aromatic carbocycles. The minimum Gasteiger partial charge on any atom is -0.339 e. The van der Waals surface area contributed by atoms with Gasteiger partial charge in [0.25, 0.3) is 0 Å². The number of carbonyl (C=O) groups excluding carboxylic acids is 1. The lowest BCUT2D eigenvalue weighted by atomic mass is 10.3. The Morgan fingerprint density at radius 3 is 2.12 bits per heavy atom. The van der Waals surface area contributed by atoms with Crippen molar-refractivity contribution in [2.24, 2.45) is 0 Å². The number of thioether (sulfide) groups is 1. The second-order valence-corrected chi connectivity index (χ2v) is 10.4. The summed E-state index contributed by atoms with van der Waals surface area (Å²) in [7, 11) is -4.27. The lowest BCUT2D eigenvalue weighted by molar-refractivity contribution is -0.129. The second-order valence-electron chi connectivity index (χ2n) is 6.74. The molecule has 5 nitrogen and oxygen atoms in total. The molecule has 0 bridgehead atoms. The molecule has 0 unspecified atom stereocenters. The van der Waals surface area contributed by atoms with E-state index in [1.165, 1.54) is 11.8 Å². The highest BCUT2D eigenvalue weighted by molar-refractivity contribution is 8.01. The summed E-state index contributed by atoms with van der Waals surface area (Å²) < 4.78 is 53.6. The van der Waals surface area contributed by atoms with Crippen molar-refractivity contribution in [2.75, 3.05) is 31.9 Å². The molecule has 0 N–H and O–H groups in total. The van der Waals surface area contributed by atoms with Crippen molar-refractivity contribution in [1.82, 2.24) is 9.21 Å². The Morgan fingerprint density at radius 1 is 1.12 bits per heavy atom. The number of benzene rings is 1. The summed E-state index contributed by atoms with van der Waals surface area (Å²) in [4.78, 5) is 12.8. The fourth-order valence-electron chi connectivity index (χ4n) is 2.41. The number of hydrogen-bond donors (Lipinski definition) is 0. The van der Waals surface area contributed by atoms with E-state index in [-0.39, 0.29) is 36.8 Å². The van der Waals surface area contributed by atoms with Gasteiger partial charge in [0.1, 0.15) is 11.6 Å². The van der Waals surface area contributed by atoms with Gasteiger partial charge in [-0.05, 0) is 12.1 Å². The molecule has 0 aromatic heterocycles. The molecule has 0 radical (unpaired) electrons. The van der Waals surface area contributed by atoms with Crippen LogP contribution in [0.15, 0.2) is 23.1 Å². The third-order valence-electron chi connectivity index (χ3n) is 3.74. The first-order chi connectivity index (χ1) is 11.5. The number of hydrogen-bond acceptors (Lipinski definition) is 4. The summed E-state index contributed by atoms with van der Waals surface area (Å²) in [5.74, 6) is -1.97. The van der Waals surface area contributed by atoms with Gasteiger partial charge >= 0.3 is 0 Å². The van der Waals surface area contributed by atoms with Gasteiger partial charge in [0.05, 0.1) is 5.75 Å². The maximum Gasteiger partial charge on any atom is 0.249 e. The van der Waals surface area contributed by atoms with Crippen LogP contribution in [0.1, 0.15) is 20.8 Å². The Bertz CT molecular complexity index is 720. The highest BCUT2D eigenvalue weighted by Crippen LogP contribution is 2.25. The van der Waals surface area contributed by atoms with Gasteiger partial charge in [-0.3, -0.25) is 4.79 Å². The quantitative estimate of drug-likeness (QED) is 0.789. The highest BCUT2D eigenvalue weighted by Gasteiger charge is 2.34. The summed E-state index contributed by atoms with van der Waals surface area (Å²) in [5, 5.41) is 0. The summed E-state index contributed by atoms with van der Waals surface area (Å²) in [6.45, 7) is 6.48. The molecule has 0 saturated carbocycles. The van der Waals surface area contributed by atoms with E-state index in [0.717, 1.165) is 22.5 Å². The number of halogens is 2. The van der Waals surface area contributed by atoms with Gasteiger partial charge in [-0.1, -0.05) is 26.8 Å². The fourth-order valence-corrected chi connectivity index (χ4v) is 4.68. The molecule has 1 aliphatic rings. The van der Waals surface area contributed by atoms with Crippen molar-refractivity contribution in [3.8, 4) is 0 Å². The van der Waals surface area contributed by atoms with Crippen LogP contribution in [0.5, 0.6) is 0 Å². The van der Waals surface area contributed by atoms with E-state index in [1.807, 2.05) is 20.8 Å². The molecule has 2 rings (SSSR count). The molecule has 1 aromatic rings. The zero-order valence-electron chi connectivity index (χ0n) is 14.5. The van der Waals surface area contributed by atoms with E-state index in [9.17, 15) is 22.0 Å². The standard InChI is InChI=1S/C16H22F2N2O3S2/c1-16(2,3)24-11-14(21)19-7-9-20(10-8-19)25(22,23)15-12(17)5-4-6-13(15)18/h4-6H,7-11H2,1-3H3. The van der Waals surface area contributed by atoms with E-state index in [0.29, 0.717) is 5.75 Å². The highest BCUT2D eigenvalue weighted by atomic mass is 32.2. The molecular formula is C16H22F2N2O3S2. The Morgan fingerprint density at radius 2 is 1.64 bits per heavy atom. The van der Waals surface area contributed by atoms with Gasteiger partial charge in [0, 0.05) is 30.9 Å². The minimum atomic E-state index is -4.27. The van der Waals surface area contributed by atoms with E-state index >= 15 is 0 Å². The maximum absolute atomic E-state index is 13.8. The number of carbonyl (C=O) groups is 1. The second kappa shape index (κ2) is 7.59. The van der Waals surface area contributed by atoms with Crippen LogP contribution in [0.4, 0.5) is 8.78 Å². The molecule has 1 amide bonds. The summed E-state index contributed by atoms with van der Waals surface area (Å²) in [6, 6.07) is 2.95. The van der Waals surface area contributed by atoms with Crippen molar-refractivity contribution in [2.45, 2.75) is 30.4 Å². The van der Waals surface area contributed by atoms with Crippen LogP contribution in [0.3, 0.4) is 0 Å². The van der Waals surface area contributed by atoms with Gasteiger partial charge in [-0.2, -0.15) is 4.31 Å². The van der Waals surface area contributed by atoms with E-state index < -0.39 is 26.6 Å².